The molecule has 2 N–H and O–H groups in total. The van der Waals surface area contributed by atoms with Crippen molar-refractivity contribution < 1.29 is 8.42 Å². The predicted molar refractivity (Wildman–Crippen MR) is 77.8 cm³/mol. The molecule has 0 aromatic heterocycles. The highest BCUT2D eigenvalue weighted by Crippen LogP contribution is 2.26. The third-order valence-corrected chi connectivity index (χ3v) is 5.81. The fourth-order valence-corrected chi connectivity index (χ4v) is 3.52. The molecule has 18 heavy (non-hydrogen) atoms. The van der Waals surface area contributed by atoms with E-state index in [-0.39, 0.29) is 16.9 Å². The van der Waals surface area contributed by atoms with E-state index in [4.69, 9.17) is 5.73 Å². The standard InChI is InChI=1S/C12H19BrN2O2S/c1-8(2)9(3)15(4)18(16,17)10-5-6-12(14)11(13)7-10/h5-9H,14H2,1-4H3. The molecule has 1 unspecified atom stereocenters. The van der Waals surface area contributed by atoms with Crippen LogP contribution in [0, 0.1) is 5.92 Å². The summed E-state index contributed by atoms with van der Waals surface area (Å²) in [6.45, 7) is 5.89. The zero-order valence-corrected chi connectivity index (χ0v) is 13.4. The molecule has 0 saturated carbocycles. The molecule has 1 atom stereocenters. The van der Waals surface area contributed by atoms with E-state index in [1.54, 1.807) is 13.1 Å². The summed E-state index contributed by atoms with van der Waals surface area (Å²) in [5.74, 6) is 0.252. The summed E-state index contributed by atoms with van der Waals surface area (Å²) in [5.41, 5.74) is 6.18. The van der Waals surface area contributed by atoms with E-state index in [2.05, 4.69) is 15.9 Å². The van der Waals surface area contributed by atoms with Gasteiger partial charge in [0.25, 0.3) is 0 Å². The van der Waals surface area contributed by atoms with Crippen molar-refractivity contribution >= 4 is 31.6 Å². The second-order valence-electron chi connectivity index (χ2n) is 4.69. The molecule has 0 aliphatic rings. The highest BCUT2D eigenvalue weighted by Gasteiger charge is 2.27. The molecule has 102 valence electrons. The van der Waals surface area contributed by atoms with E-state index in [1.807, 2.05) is 20.8 Å². The molecule has 0 spiro atoms. The molecule has 0 radical (unpaired) electrons. The van der Waals surface area contributed by atoms with Gasteiger partial charge in [-0.05, 0) is 47.0 Å². The lowest BCUT2D eigenvalue weighted by Crippen LogP contribution is -2.38. The predicted octanol–water partition coefficient (Wildman–Crippen LogP) is 2.70. The van der Waals surface area contributed by atoms with Crippen molar-refractivity contribution in [2.24, 2.45) is 5.92 Å². The van der Waals surface area contributed by atoms with E-state index in [0.717, 1.165) is 0 Å². The van der Waals surface area contributed by atoms with Crippen molar-refractivity contribution in [2.45, 2.75) is 31.7 Å². The molecular formula is C12H19BrN2O2S. The molecule has 0 bridgehead atoms. The lowest BCUT2D eigenvalue weighted by Gasteiger charge is -2.27. The Bertz CT molecular complexity index is 529. The number of anilines is 1. The summed E-state index contributed by atoms with van der Waals surface area (Å²) in [4.78, 5) is 0.249. The minimum Gasteiger partial charge on any atom is -0.398 e. The number of rotatable bonds is 4. The van der Waals surface area contributed by atoms with Crippen molar-refractivity contribution in [1.82, 2.24) is 4.31 Å². The van der Waals surface area contributed by atoms with Gasteiger partial charge in [-0.3, -0.25) is 0 Å². The van der Waals surface area contributed by atoms with Crippen LogP contribution in [0.4, 0.5) is 5.69 Å². The molecule has 4 nitrogen and oxygen atoms in total. The number of sulfonamides is 1. The Kier molecular flexibility index (Phi) is 4.80. The average Bonchev–Trinajstić information content (AvgIpc) is 2.30. The molecule has 0 saturated heterocycles. The summed E-state index contributed by atoms with van der Waals surface area (Å²) in [6.07, 6.45) is 0. The Morgan fingerprint density at radius 1 is 1.28 bits per heavy atom. The number of nitrogen functional groups attached to an aromatic ring is 1. The molecule has 1 rings (SSSR count). The SMILES string of the molecule is CC(C)C(C)N(C)S(=O)(=O)c1ccc(N)c(Br)c1. The Morgan fingerprint density at radius 2 is 1.83 bits per heavy atom. The van der Waals surface area contributed by atoms with E-state index < -0.39 is 10.0 Å². The smallest absolute Gasteiger partial charge is 0.243 e. The van der Waals surface area contributed by atoms with Crippen LogP contribution in [0.3, 0.4) is 0 Å². The van der Waals surface area contributed by atoms with E-state index in [0.29, 0.717) is 10.2 Å². The quantitative estimate of drug-likeness (QED) is 0.861. The minimum absolute atomic E-state index is 0.0636. The Balaban J connectivity index is 3.17. The van der Waals surface area contributed by atoms with Crippen LogP contribution in [0.15, 0.2) is 27.6 Å². The summed E-state index contributed by atoms with van der Waals surface area (Å²) in [6, 6.07) is 4.59. The first-order valence-electron chi connectivity index (χ1n) is 5.71. The molecule has 0 aliphatic carbocycles. The van der Waals surface area contributed by atoms with Crippen molar-refractivity contribution in [1.29, 1.82) is 0 Å². The second-order valence-corrected chi connectivity index (χ2v) is 7.54. The maximum Gasteiger partial charge on any atom is 0.243 e. The number of hydrogen-bond acceptors (Lipinski definition) is 3. The third-order valence-electron chi connectivity index (χ3n) is 3.19. The zero-order chi connectivity index (χ0) is 14.1. The molecule has 0 fully saturated rings. The third kappa shape index (κ3) is 3.05. The van der Waals surface area contributed by atoms with Gasteiger partial charge >= 0.3 is 0 Å². The van der Waals surface area contributed by atoms with Crippen LogP contribution in [0.5, 0.6) is 0 Å². The highest BCUT2D eigenvalue weighted by atomic mass is 79.9. The van der Waals surface area contributed by atoms with Gasteiger partial charge in [0.05, 0.1) is 4.90 Å². The van der Waals surface area contributed by atoms with Crippen LogP contribution in [-0.2, 0) is 10.0 Å². The first-order chi connectivity index (χ1) is 8.17. The van der Waals surface area contributed by atoms with Gasteiger partial charge in [0, 0.05) is 23.2 Å². The molecular weight excluding hydrogens is 316 g/mol. The maximum absolute atomic E-state index is 12.4. The van der Waals surface area contributed by atoms with E-state index in [9.17, 15) is 8.42 Å². The molecule has 1 aromatic carbocycles. The lowest BCUT2D eigenvalue weighted by atomic mass is 10.1. The zero-order valence-electron chi connectivity index (χ0n) is 11.0. The summed E-state index contributed by atoms with van der Waals surface area (Å²) >= 11 is 3.25. The summed E-state index contributed by atoms with van der Waals surface area (Å²) in [5, 5.41) is 0. The number of nitrogens with zero attached hydrogens (tertiary/aromatic N) is 1. The number of halogens is 1. The summed E-state index contributed by atoms with van der Waals surface area (Å²) < 4.78 is 26.8. The van der Waals surface area contributed by atoms with Crippen molar-refractivity contribution in [2.75, 3.05) is 12.8 Å². The normalized spacial score (nSPS) is 14.2. The van der Waals surface area contributed by atoms with Crippen LogP contribution in [0.2, 0.25) is 0 Å². The first kappa shape index (κ1) is 15.5. The fraction of sp³-hybridized carbons (Fsp3) is 0.500. The van der Waals surface area contributed by atoms with Crippen LogP contribution in [0.1, 0.15) is 20.8 Å². The largest absolute Gasteiger partial charge is 0.398 e. The van der Waals surface area contributed by atoms with Gasteiger partial charge in [-0.25, -0.2) is 8.42 Å². The van der Waals surface area contributed by atoms with Crippen molar-refractivity contribution in [3.63, 3.8) is 0 Å². The Labute approximate surface area is 117 Å². The summed E-state index contributed by atoms with van der Waals surface area (Å²) in [7, 11) is -1.87. The van der Waals surface area contributed by atoms with Crippen molar-refractivity contribution in [3.05, 3.63) is 22.7 Å². The number of nitrogens with two attached hydrogens (primary N) is 1. The molecule has 6 heteroatoms. The Morgan fingerprint density at radius 3 is 2.28 bits per heavy atom. The van der Waals surface area contributed by atoms with Crippen LogP contribution >= 0.6 is 15.9 Å². The van der Waals surface area contributed by atoms with E-state index >= 15 is 0 Å². The second kappa shape index (κ2) is 5.59. The molecule has 1 aromatic rings. The highest BCUT2D eigenvalue weighted by molar-refractivity contribution is 9.10. The van der Waals surface area contributed by atoms with Gasteiger partial charge in [-0.2, -0.15) is 4.31 Å². The molecule has 0 aliphatic heterocycles. The van der Waals surface area contributed by atoms with Gasteiger partial charge in [-0.15, -0.1) is 0 Å². The van der Waals surface area contributed by atoms with Gasteiger partial charge < -0.3 is 5.73 Å². The number of hydrogen-bond donors (Lipinski definition) is 1. The Hall–Kier alpha value is -0.590. The van der Waals surface area contributed by atoms with Gasteiger partial charge in [0.1, 0.15) is 0 Å². The minimum atomic E-state index is -3.47. The fourth-order valence-electron chi connectivity index (χ4n) is 1.47. The van der Waals surface area contributed by atoms with Crippen molar-refractivity contribution in [3.8, 4) is 0 Å². The van der Waals surface area contributed by atoms with Crippen LogP contribution < -0.4 is 5.73 Å². The molecule has 0 heterocycles. The maximum atomic E-state index is 12.4. The van der Waals surface area contributed by atoms with Crippen LogP contribution in [0.25, 0.3) is 0 Å². The average molecular weight is 335 g/mol. The molecule has 0 amide bonds. The van der Waals surface area contributed by atoms with Gasteiger partial charge in [0.2, 0.25) is 10.0 Å². The van der Waals surface area contributed by atoms with Crippen LogP contribution in [-0.4, -0.2) is 25.8 Å². The number of benzene rings is 1. The topological polar surface area (TPSA) is 63.4 Å². The lowest BCUT2D eigenvalue weighted by molar-refractivity contribution is 0.316. The van der Waals surface area contributed by atoms with Gasteiger partial charge in [0.15, 0.2) is 0 Å². The van der Waals surface area contributed by atoms with E-state index in [1.165, 1.54) is 16.4 Å². The monoisotopic (exact) mass is 334 g/mol. The van der Waals surface area contributed by atoms with Gasteiger partial charge in [-0.1, -0.05) is 13.8 Å². The first-order valence-corrected chi connectivity index (χ1v) is 7.94.